The number of primary amides is 1. The predicted octanol–water partition coefficient (Wildman–Crippen LogP) is 0.181. The van der Waals surface area contributed by atoms with Crippen LogP contribution in [0.4, 0.5) is 0 Å². The third-order valence-corrected chi connectivity index (χ3v) is 2.38. The molecule has 1 aliphatic rings. The molecule has 16 heavy (non-hydrogen) atoms. The van der Waals surface area contributed by atoms with Gasteiger partial charge in [-0.2, -0.15) is 0 Å². The van der Waals surface area contributed by atoms with E-state index < -0.39 is 11.9 Å². The summed E-state index contributed by atoms with van der Waals surface area (Å²) in [5.74, 6) is -0.952. The number of carbonyl (C=O) groups excluding carboxylic acids is 2. The summed E-state index contributed by atoms with van der Waals surface area (Å²) >= 11 is 0. The molecular weight excluding hydrogens is 208 g/mol. The van der Waals surface area contributed by atoms with Crippen LogP contribution in [0, 0.1) is 0 Å². The number of rotatable bonds is 2. The van der Waals surface area contributed by atoms with E-state index in [-0.39, 0.29) is 0 Å². The Morgan fingerprint density at radius 3 is 2.75 bits per heavy atom. The van der Waals surface area contributed by atoms with Crippen molar-refractivity contribution >= 4 is 11.9 Å². The lowest BCUT2D eigenvalue weighted by atomic mass is 10.0. The second-order valence-electron chi connectivity index (χ2n) is 3.69. The lowest BCUT2D eigenvalue weighted by Crippen LogP contribution is -2.21. The largest absolute Gasteiger partial charge is 0.465 e. The first-order chi connectivity index (χ1) is 7.54. The summed E-state index contributed by atoms with van der Waals surface area (Å²) in [4.78, 5) is 24.4. The molecule has 0 spiro atoms. The van der Waals surface area contributed by atoms with Crippen molar-refractivity contribution < 1.29 is 14.3 Å². The minimum atomic E-state index is -0.487. The Morgan fingerprint density at radius 2 is 2.19 bits per heavy atom. The Bertz CT molecular complexity index is 358. The van der Waals surface area contributed by atoms with Gasteiger partial charge < -0.3 is 15.4 Å². The summed E-state index contributed by atoms with van der Waals surface area (Å²) in [5.41, 5.74) is 6.03. The molecular formula is C11H16N2O3. The topological polar surface area (TPSA) is 72.6 Å². The number of nitrogens with two attached hydrogens (primary N) is 1. The van der Waals surface area contributed by atoms with E-state index >= 15 is 0 Å². The van der Waals surface area contributed by atoms with Crippen LogP contribution < -0.4 is 5.73 Å². The van der Waals surface area contributed by atoms with E-state index in [0.29, 0.717) is 17.6 Å². The molecule has 0 aromatic carbocycles. The predicted molar refractivity (Wildman–Crippen MR) is 59.2 cm³/mol. The van der Waals surface area contributed by atoms with Crippen LogP contribution in [-0.4, -0.2) is 37.5 Å². The number of methoxy groups -OCH3 is 1. The molecule has 0 aromatic rings. The van der Waals surface area contributed by atoms with Crippen LogP contribution in [0.15, 0.2) is 23.4 Å². The zero-order valence-electron chi connectivity index (χ0n) is 9.53. The maximum atomic E-state index is 11.4. The molecule has 0 unspecified atom stereocenters. The zero-order valence-corrected chi connectivity index (χ0v) is 9.53. The molecule has 2 N–H and O–H groups in total. The highest BCUT2D eigenvalue weighted by Crippen LogP contribution is 2.14. The fourth-order valence-electron chi connectivity index (χ4n) is 1.54. The van der Waals surface area contributed by atoms with Crippen molar-refractivity contribution in [1.82, 2.24) is 4.90 Å². The summed E-state index contributed by atoms with van der Waals surface area (Å²) in [5, 5.41) is 0. The molecule has 0 aromatic heterocycles. The van der Waals surface area contributed by atoms with Crippen LogP contribution >= 0.6 is 0 Å². The van der Waals surface area contributed by atoms with Crippen LogP contribution in [0.2, 0.25) is 0 Å². The van der Waals surface area contributed by atoms with Crippen LogP contribution in [-0.2, 0) is 14.3 Å². The number of hydrogen-bond acceptors (Lipinski definition) is 4. The molecule has 1 amide bonds. The molecule has 1 rings (SSSR count). The van der Waals surface area contributed by atoms with Crippen LogP contribution in [0.25, 0.3) is 0 Å². The fraction of sp³-hybridized carbons (Fsp3) is 0.455. The maximum absolute atomic E-state index is 11.4. The van der Waals surface area contributed by atoms with E-state index in [9.17, 15) is 9.59 Å². The van der Waals surface area contributed by atoms with Gasteiger partial charge in [-0.25, -0.2) is 4.79 Å². The van der Waals surface area contributed by atoms with E-state index in [1.54, 1.807) is 6.20 Å². The van der Waals surface area contributed by atoms with Gasteiger partial charge >= 0.3 is 5.97 Å². The van der Waals surface area contributed by atoms with Gasteiger partial charge in [-0.15, -0.1) is 0 Å². The van der Waals surface area contributed by atoms with Crippen LogP contribution in [0.3, 0.4) is 0 Å². The summed E-state index contributed by atoms with van der Waals surface area (Å²) in [6.07, 6.45) is 4.57. The normalized spacial score (nSPS) is 16.8. The van der Waals surface area contributed by atoms with Gasteiger partial charge in [0.1, 0.15) is 0 Å². The van der Waals surface area contributed by atoms with E-state index in [0.717, 1.165) is 13.0 Å². The number of ether oxygens (including phenoxy) is 1. The first-order valence-corrected chi connectivity index (χ1v) is 5.05. The SMILES string of the molecule is COC(=O)C1=CN(C)CCCC(C(N)=O)=C1. The molecule has 5 nitrogen and oxygen atoms in total. The van der Waals surface area contributed by atoms with Gasteiger partial charge in [-0.05, 0) is 18.9 Å². The lowest BCUT2D eigenvalue weighted by Gasteiger charge is -2.18. The first kappa shape index (κ1) is 12.3. The number of carbonyl (C=O) groups is 2. The molecule has 0 bridgehead atoms. The van der Waals surface area contributed by atoms with Gasteiger partial charge in [0.05, 0.1) is 12.7 Å². The van der Waals surface area contributed by atoms with Gasteiger partial charge in [0.25, 0.3) is 0 Å². The number of hydrogen-bond donors (Lipinski definition) is 1. The van der Waals surface area contributed by atoms with E-state index in [1.807, 2.05) is 11.9 Å². The molecule has 88 valence electrons. The molecule has 5 heteroatoms. The molecule has 1 aliphatic heterocycles. The van der Waals surface area contributed by atoms with Crippen molar-refractivity contribution in [3.63, 3.8) is 0 Å². The third-order valence-electron chi connectivity index (χ3n) is 2.38. The molecule has 0 saturated heterocycles. The summed E-state index contributed by atoms with van der Waals surface area (Å²) < 4.78 is 4.63. The minimum absolute atomic E-state index is 0.346. The maximum Gasteiger partial charge on any atom is 0.339 e. The number of esters is 1. The van der Waals surface area contributed by atoms with E-state index in [1.165, 1.54) is 13.2 Å². The molecule has 1 heterocycles. The van der Waals surface area contributed by atoms with Crippen LogP contribution in [0.5, 0.6) is 0 Å². The Morgan fingerprint density at radius 1 is 1.50 bits per heavy atom. The summed E-state index contributed by atoms with van der Waals surface area (Å²) in [6.45, 7) is 0.769. The van der Waals surface area contributed by atoms with Crippen molar-refractivity contribution in [1.29, 1.82) is 0 Å². The monoisotopic (exact) mass is 224 g/mol. The van der Waals surface area contributed by atoms with Gasteiger partial charge in [-0.1, -0.05) is 0 Å². The highest BCUT2D eigenvalue weighted by atomic mass is 16.5. The minimum Gasteiger partial charge on any atom is -0.465 e. The third kappa shape index (κ3) is 3.12. The molecule has 0 fully saturated rings. The number of nitrogens with zero attached hydrogens (tertiary/aromatic N) is 1. The van der Waals surface area contributed by atoms with Crippen molar-refractivity contribution in [2.45, 2.75) is 12.8 Å². The smallest absolute Gasteiger partial charge is 0.339 e. The Labute approximate surface area is 94.5 Å². The second-order valence-corrected chi connectivity index (χ2v) is 3.69. The van der Waals surface area contributed by atoms with Gasteiger partial charge in [0.15, 0.2) is 0 Å². The van der Waals surface area contributed by atoms with Gasteiger partial charge in [0, 0.05) is 25.4 Å². The second kappa shape index (κ2) is 5.34. The Hall–Kier alpha value is -1.78. The van der Waals surface area contributed by atoms with Gasteiger partial charge in [-0.3, -0.25) is 4.79 Å². The lowest BCUT2D eigenvalue weighted by molar-refractivity contribution is -0.135. The Kier molecular flexibility index (Phi) is 4.10. The highest BCUT2D eigenvalue weighted by Gasteiger charge is 2.15. The number of amides is 1. The molecule has 0 saturated carbocycles. The average Bonchev–Trinajstić information content (AvgIpc) is 2.21. The van der Waals surface area contributed by atoms with Gasteiger partial charge in [0.2, 0.25) is 5.91 Å². The van der Waals surface area contributed by atoms with Crippen LogP contribution in [0.1, 0.15) is 12.8 Å². The fourth-order valence-corrected chi connectivity index (χ4v) is 1.54. The van der Waals surface area contributed by atoms with Crippen molar-refractivity contribution in [3.8, 4) is 0 Å². The molecule has 0 radical (unpaired) electrons. The van der Waals surface area contributed by atoms with Crippen molar-refractivity contribution in [2.24, 2.45) is 5.73 Å². The van der Waals surface area contributed by atoms with Crippen molar-refractivity contribution in [3.05, 3.63) is 23.4 Å². The van der Waals surface area contributed by atoms with Crippen molar-refractivity contribution in [2.75, 3.05) is 20.7 Å². The highest BCUT2D eigenvalue weighted by molar-refractivity contribution is 5.97. The summed E-state index contributed by atoms with van der Waals surface area (Å²) in [6, 6.07) is 0. The summed E-state index contributed by atoms with van der Waals surface area (Å²) in [7, 11) is 3.17. The average molecular weight is 224 g/mol. The standard InChI is InChI=1S/C11H16N2O3/c1-13-5-3-4-8(10(12)14)6-9(7-13)11(15)16-2/h6-7H,3-5H2,1-2H3,(H2,12,14). The first-order valence-electron chi connectivity index (χ1n) is 5.05. The molecule has 0 atom stereocenters. The quantitative estimate of drug-likeness (QED) is 0.679. The van der Waals surface area contributed by atoms with E-state index in [4.69, 9.17) is 5.73 Å². The Balaban J connectivity index is 3.05. The van der Waals surface area contributed by atoms with E-state index in [2.05, 4.69) is 4.74 Å². The molecule has 0 aliphatic carbocycles. The zero-order chi connectivity index (χ0) is 12.1.